The highest BCUT2D eigenvalue weighted by Crippen LogP contribution is 2.22. The van der Waals surface area contributed by atoms with E-state index < -0.39 is 0 Å². The van der Waals surface area contributed by atoms with Crippen LogP contribution in [0.2, 0.25) is 0 Å². The van der Waals surface area contributed by atoms with E-state index in [2.05, 4.69) is 0 Å². The van der Waals surface area contributed by atoms with Crippen LogP contribution in [0.5, 0.6) is 11.5 Å². The summed E-state index contributed by atoms with van der Waals surface area (Å²) in [5.41, 5.74) is 0.584. The van der Waals surface area contributed by atoms with Crippen molar-refractivity contribution in [2.24, 2.45) is 5.92 Å². The molecule has 0 N–H and O–H groups in total. The fourth-order valence-electron chi connectivity index (χ4n) is 3.32. The molecule has 1 aliphatic rings. The third-order valence-electron chi connectivity index (χ3n) is 4.85. The van der Waals surface area contributed by atoms with Crippen LogP contribution in [0, 0.1) is 5.92 Å². The predicted octanol–water partition coefficient (Wildman–Crippen LogP) is 3.56. The molecule has 0 atom stereocenters. The number of nitrogens with zero attached hydrogens (tertiary/aromatic N) is 1. The Morgan fingerprint density at radius 2 is 1.59 bits per heavy atom. The highest BCUT2D eigenvalue weighted by atomic mass is 16.5. The zero-order valence-electron chi connectivity index (χ0n) is 16.7. The molecule has 154 valence electrons. The Kier molecular flexibility index (Phi) is 7.50. The van der Waals surface area contributed by atoms with E-state index in [-0.39, 0.29) is 17.8 Å². The smallest absolute Gasteiger partial charge is 0.309 e. The molecule has 0 unspecified atom stereocenters. The molecule has 6 heteroatoms. The summed E-state index contributed by atoms with van der Waals surface area (Å²) in [6.07, 6.45) is 1.27. The summed E-state index contributed by atoms with van der Waals surface area (Å²) in [6.45, 7) is 4.11. The third kappa shape index (κ3) is 5.98. The van der Waals surface area contributed by atoms with Gasteiger partial charge < -0.3 is 19.1 Å². The van der Waals surface area contributed by atoms with Crippen LogP contribution in [0.1, 0.15) is 30.1 Å². The second kappa shape index (κ2) is 10.5. The molecule has 29 heavy (non-hydrogen) atoms. The van der Waals surface area contributed by atoms with Crippen molar-refractivity contribution in [3.63, 3.8) is 0 Å². The van der Waals surface area contributed by atoms with Crippen molar-refractivity contribution < 1.29 is 23.8 Å². The maximum atomic E-state index is 12.8. The molecule has 1 fully saturated rings. The van der Waals surface area contributed by atoms with Crippen LogP contribution < -0.4 is 9.47 Å². The van der Waals surface area contributed by atoms with Crippen LogP contribution in [0.25, 0.3) is 0 Å². The predicted molar refractivity (Wildman–Crippen MR) is 109 cm³/mol. The summed E-state index contributed by atoms with van der Waals surface area (Å²) >= 11 is 0. The van der Waals surface area contributed by atoms with Crippen molar-refractivity contribution >= 4 is 11.9 Å². The summed E-state index contributed by atoms with van der Waals surface area (Å²) in [7, 11) is 0. The third-order valence-corrected chi connectivity index (χ3v) is 4.85. The van der Waals surface area contributed by atoms with Gasteiger partial charge in [0.25, 0.3) is 5.91 Å². The van der Waals surface area contributed by atoms with Gasteiger partial charge in [-0.2, -0.15) is 0 Å². The first-order valence-electron chi connectivity index (χ1n) is 10.0. The summed E-state index contributed by atoms with van der Waals surface area (Å²) in [5.74, 6) is 1.12. The standard InChI is InChI=1S/C23H27NO5/c1-2-27-23(26)18-11-13-24(14-12-18)22(25)19-7-6-10-21(17-19)29-16-15-28-20-8-4-3-5-9-20/h3-10,17-18H,2,11-16H2,1H3. The van der Waals surface area contributed by atoms with Gasteiger partial charge in [-0.05, 0) is 50.1 Å². The summed E-state index contributed by atoms with van der Waals surface area (Å²) < 4.78 is 16.4. The first-order chi connectivity index (χ1) is 14.2. The number of likely N-dealkylation sites (tertiary alicyclic amines) is 1. The number of piperidine rings is 1. The van der Waals surface area contributed by atoms with Crippen molar-refractivity contribution in [3.05, 3.63) is 60.2 Å². The van der Waals surface area contributed by atoms with Crippen molar-refractivity contribution in [1.29, 1.82) is 0 Å². The average Bonchev–Trinajstić information content (AvgIpc) is 2.77. The van der Waals surface area contributed by atoms with Crippen molar-refractivity contribution in [2.45, 2.75) is 19.8 Å². The molecule has 0 radical (unpaired) electrons. The van der Waals surface area contributed by atoms with Crippen LogP contribution in [-0.2, 0) is 9.53 Å². The van der Waals surface area contributed by atoms with Gasteiger partial charge in [0.15, 0.2) is 0 Å². The second-order valence-corrected chi connectivity index (χ2v) is 6.86. The van der Waals surface area contributed by atoms with E-state index in [0.29, 0.717) is 57.1 Å². The molecule has 6 nitrogen and oxygen atoms in total. The monoisotopic (exact) mass is 397 g/mol. The van der Waals surface area contributed by atoms with Crippen LogP contribution in [0.15, 0.2) is 54.6 Å². The molecule has 0 spiro atoms. The van der Waals surface area contributed by atoms with E-state index in [0.717, 1.165) is 5.75 Å². The molecule has 1 saturated heterocycles. The Balaban J connectivity index is 1.47. The fraction of sp³-hybridized carbons (Fsp3) is 0.391. The molecule has 2 aromatic rings. The molecule has 1 aliphatic heterocycles. The van der Waals surface area contributed by atoms with Crippen LogP contribution >= 0.6 is 0 Å². The van der Waals surface area contributed by atoms with E-state index in [1.807, 2.05) is 42.5 Å². The number of hydrogen-bond acceptors (Lipinski definition) is 5. The Morgan fingerprint density at radius 1 is 0.931 bits per heavy atom. The lowest BCUT2D eigenvalue weighted by atomic mass is 9.96. The molecular formula is C23H27NO5. The zero-order chi connectivity index (χ0) is 20.5. The highest BCUT2D eigenvalue weighted by Gasteiger charge is 2.28. The summed E-state index contributed by atoms with van der Waals surface area (Å²) in [6, 6.07) is 16.7. The SMILES string of the molecule is CCOC(=O)C1CCN(C(=O)c2cccc(OCCOc3ccccc3)c2)CC1. The number of hydrogen-bond donors (Lipinski definition) is 0. The molecule has 1 amide bonds. The Hall–Kier alpha value is -3.02. The number of ether oxygens (including phenoxy) is 3. The Morgan fingerprint density at radius 3 is 2.28 bits per heavy atom. The minimum absolute atomic E-state index is 0.0432. The minimum Gasteiger partial charge on any atom is -0.490 e. The fourth-order valence-corrected chi connectivity index (χ4v) is 3.32. The molecule has 2 aromatic carbocycles. The number of carbonyl (C=O) groups excluding carboxylic acids is 2. The summed E-state index contributed by atoms with van der Waals surface area (Å²) in [4.78, 5) is 26.4. The van der Waals surface area contributed by atoms with Crippen LogP contribution in [0.4, 0.5) is 0 Å². The number of para-hydroxylation sites is 1. The van der Waals surface area contributed by atoms with Crippen LogP contribution in [-0.4, -0.2) is 49.7 Å². The van der Waals surface area contributed by atoms with Gasteiger partial charge in [-0.15, -0.1) is 0 Å². The molecule has 0 aromatic heterocycles. The lowest BCUT2D eigenvalue weighted by Crippen LogP contribution is -2.40. The Bertz CT molecular complexity index is 800. The first kappa shape index (κ1) is 20.7. The average molecular weight is 397 g/mol. The number of amides is 1. The van der Waals surface area contributed by atoms with E-state index in [1.54, 1.807) is 24.0 Å². The lowest BCUT2D eigenvalue weighted by Gasteiger charge is -2.31. The molecule has 3 rings (SSSR count). The number of rotatable bonds is 8. The van der Waals surface area contributed by atoms with Crippen molar-refractivity contribution in [1.82, 2.24) is 4.90 Å². The minimum atomic E-state index is -0.160. The van der Waals surface area contributed by atoms with Gasteiger partial charge in [0.05, 0.1) is 12.5 Å². The molecule has 0 saturated carbocycles. The lowest BCUT2D eigenvalue weighted by molar-refractivity contribution is -0.149. The van der Waals surface area contributed by atoms with E-state index in [4.69, 9.17) is 14.2 Å². The van der Waals surface area contributed by atoms with E-state index in [1.165, 1.54) is 0 Å². The maximum absolute atomic E-state index is 12.8. The normalized spacial score (nSPS) is 14.3. The summed E-state index contributed by atoms with van der Waals surface area (Å²) in [5, 5.41) is 0. The topological polar surface area (TPSA) is 65.1 Å². The van der Waals surface area contributed by atoms with Gasteiger partial charge in [0.2, 0.25) is 0 Å². The quantitative estimate of drug-likeness (QED) is 0.503. The van der Waals surface area contributed by atoms with Gasteiger partial charge in [0, 0.05) is 18.7 Å². The van der Waals surface area contributed by atoms with E-state index >= 15 is 0 Å². The largest absolute Gasteiger partial charge is 0.490 e. The van der Waals surface area contributed by atoms with Gasteiger partial charge in [0.1, 0.15) is 24.7 Å². The number of esters is 1. The molecular weight excluding hydrogens is 370 g/mol. The Labute approximate surface area is 171 Å². The zero-order valence-corrected chi connectivity index (χ0v) is 16.7. The first-order valence-corrected chi connectivity index (χ1v) is 10.0. The van der Waals surface area contributed by atoms with Gasteiger partial charge in [-0.1, -0.05) is 24.3 Å². The highest BCUT2D eigenvalue weighted by molar-refractivity contribution is 5.94. The van der Waals surface area contributed by atoms with Gasteiger partial charge in [-0.3, -0.25) is 9.59 Å². The van der Waals surface area contributed by atoms with Crippen LogP contribution in [0.3, 0.4) is 0 Å². The molecule has 0 bridgehead atoms. The maximum Gasteiger partial charge on any atom is 0.309 e. The van der Waals surface area contributed by atoms with E-state index in [9.17, 15) is 9.59 Å². The number of benzene rings is 2. The van der Waals surface area contributed by atoms with Crippen molar-refractivity contribution in [2.75, 3.05) is 32.9 Å². The van der Waals surface area contributed by atoms with Crippen molar-refractivity contribution in [3.8, 4) is 11.5 Å². The number of carbonyl (C=O) groups is 2. The second-order valence-electron chi connectivity index (χ2n) is 6.86. The molecule has 1 heterocycles. The van der Waals surface area contributed by atoms with Gasteiger partial charge in [-0.25, -0.2) is 0 Å². The van der Waals surface area contributed by atoms with Gasteiger partial charge >= 0.3 is 5.97 Å². The molecule has 0 aliphatic carbocycles.